The molecule has 4 nitrogen and oxygen atoms in total. The summed E-state index contributed by atoms with van der Waals surface area (Å²) in [4.78, 5) is 16.4. The molecule has 1 saturated heterocycles. The molecule has 0 radical (unpaired) electrons. The number of ether oxygens (including phenoxy) is 1. The van der Waals surface area contributed by atoms with Crippen LogP contribution in [-0.4, -0.2) is 29.1 Å². The van der Waals surface area contributed by atoms with Crippen LogP contribution >= 0.6 is 11.3 Å². The Morgan fingerprint density at radius 2 is 1.89 bits per heavy atom. The molecule has 2 aromatic carbocycles. The number of carbonyl (C=O) groups is 1. The molecule has 1 aliphatic carbocycles. The van der Waals surface area contributed by atoms with E-state index in [1.807, 2.05) is 35.6 Å². The van der Waals surface area contributed by atoms with Gasteiger partial charge in [0.25, 0.3) is 0 Å². The number of piperidine rings is 1. The van der Waals surface area contributed by atoms with Gasteiger partial charge in [-0.15, -0.1) is 17.3 Å². The molecule has 1 fully saturated rings. The highest BCUT2D eigenvalue weighted by Gasteiger charge is 2.40. The van der Waals surface area contributed by atoms with Gasteiger partial charge in [-0.1, -0.05) is 42.3 Å². The Morgan fingerprint density at radius 3 is 2.62 bits per heavy atom. The third-order valence-electron chi connectivity index (χ3n) is 8.07. The SMILES string of the molecule is CC#C[C@@H](CC(=O)O)c1ccc(OCc2cc(C)c(CN3CCC4(CCc5ccccc54)CC3)s2)cc1. The lowest BCUT2D eigenvalue weighted by Crippen LogP contribution is -2.41. The molecule has 5 rings (SSSR count). The molecule has 1 N–H and O–H groups in total. The lowest BCUT2D eigenvalue weighted by molar-refractivity contribution is -0.137. The molecular formula is C32H35NO3S. The summed E-state index contributed by atoms with van der Waals surface area (Å²) in [5.41, 5.74) is 5.84. The van der Waals surface area contributed by atoms with Gasteiger partial charge in [0.05, 0.1) is 12.3 Å². The highest BCUT2D eigenvalue weighted by atomic mass is 32.1. The van der Waals surface area contributed by atoms with Crippen molar-refractivity contribution in [3.8, 4) is 17.6 Å². The van der Waals surface area contributed by atoms with Crippen molar-refractivity contribution in [2.24, 2.45) is 0 Å². The minimum absolute atomic E-state index is 0.00356. The van der Waals surface area contributed by atoms with E-state index in [2.05, 4.69) is 54.0 Å². The van der Waals surface area contributed by atoms with E-state index in [-0.39, 0.29) is 12.3 Å². The van der Waals surface area contributed by atoms with E-state index in [1.165, 1.54) is 41.0 Å². The summed E-state index contributed by atoms with van der Waals surface area (Å²) in [6, 6.07) is 19.0. The first-order valence-electron chi connectivity index (χ1n) is 13.2. The zero-order valence-electron chi connectivity index (χ0n) is 21.8. The van der Waals surface area contributed by atoms with E-state index in [1.54, 1.807) is 18.1 Å². The minimum Gasteiger partial charge on any atom is -0.488 e. The Balaban J connectivity index is 1.15. The Morgan fingerprint density at radius 1 is 1.14 bits per heavy atom. The van der Waals surface area contributed by atoms with Gasteiger partial charge in [-0.2, -0.15) is 0 Å². The van der Waals surface area contributed by atoms with Gasteiger partial charge in [0.15, 0.2) is 0 Å². The number of rotatable bonds is 8. The minimum atomic E-state index is -0.843. The van der Waals surface area contributed by atoms with Crippen LogP contribution in [0.15, 0.2) is 54.6 Å². The molecule has 2 aliphatic rings. The van der Waals surface area contributed by atoms with Crippen LogP contribution in [0.1, 0.15) is 70.5 Å². The summed E-state index contributed by atoms with van der Waals surface area (Å²) >= 11 is 1.86. The molecule has 2 heterocycles. The van der Waals surface area contributed by atoms with E-state index < -0.39 is 5.97 Å². The predicted molar refractivity (Wildman–Crippen MR) is 149 cm³/mol. The normalized spacial score (nSPS) is 17.1. The van der Waals surface area contributed by atoms with Crippen LogP contribution in [0.5, 0.6) is 5.75 Å². The molecule has 0 amide bonds. The fourth-order valence-electron chi connectivity index (χ4n) is 6.00. The summed E-state index contributed by atoms with van der Waals surface area (Å²) in [6.07, 6.45) is 5.08. The molecule has 1 aliphatic heterocycles. The zero-order chi connectivity index (χ0) is 25.8. The molecule has 3 aromatic rings. The Labute approximate surface area is 224 Å². The third kappa shape index (κ3) is 5.76. The van der Waals surface area contributed by atoms with Crippen molar-refractivity contribution in [3.63, 3.8) is 0 Å². The molecule has 192 valence electrons. The molecule has 37 heavy (non-hydrogen) atoms. The second-order valence-corrected chi connectivity index (χ2v) is 11.7. The van der Waals surface area contributed by atoms with Gasteiger partial charge >= 0.3 is 5.97 Å². The standard InChI is InChI=1S/C32H35NO3S/c1-3-6-26(20-31(34)35)24-9-11-27(12-10-24)36-22-28-19-23(2)30(37-28)21-33-17-15-32(16-18-33)14-13-25-7-4-5-8-29(25)32/h4-5,7-12,19,26H,13-18,20-22H2,1-2H3,(H,34,35)/t26-/m0/s1. The van der Waals surface area contributed by atoms with Crippen LogP contribution in [-0.2, 0) is 29.8 Å². The van der Waals surface area contributed by atoms with Gasteiger partial charge in [0.1, 0.15) is 12.4 Å². The topological polar surface area (TPSA) is 49.8 Å². The van der Waals surface area contributed by atoms with Crippen LogP contribution in [0.3, 0.4) is 0 Å². The molecule has 1 atom stereocenters. The van der Waals surface area contributed by atoms with Crippen molar-refractivity contribution in [1.29, 1.82) is 0 Å². The van der Waals surface area contributed by atoms with Crippen molar-refractivity contribution in [2.75, 3.05) is 13.1 Å². The zero-order valence-corrected chi connectivity index (χ0v) is 22.6. The number of nitrogens with zero attached hydrogens (tertiary/aromatic N) is 1. The number of aliphatic carboxylic acids is 1. The van der Waals surface area contributed by atoms with Gasteiger partial charge in [0, 0.05) is 16.3 Å². The van der Waals surface area contributed by atoms with Crippen molar-refractivity contribution in [3.05, 3.63) is 86.6 Å². The van der Waals surface area contributed by atoms with E-state index in [0.717, 1.165) is 30.9 Å². The van der Waals surface area contributed by atoms with E-state index in [4.69, 9.17) is 9.84 Å². The summed E-state index contributed by atoms with van der Waals surface area (Å²) in [6.45, 7) is 7.83. The number of thiophene rings is 1. The van der Waals surface area contributed by atoms with Gasteiger partial charge in [-0.05, 0) is 98.5 Å². The molecular weight excluding hydrogens is 478 g/mol. The number of benzene rings is 2. The summed E-state index contributed by atoms with van der Waals surface area (Å²) in [7, 11) is 0. The van der Waals surface area contributed by atoms with E-state index >= 15 is 0 Å². The fraction of sp³-hybridized carbons (Fsp3) is 0.406. The van der Waals surface area contributed by atoms with E-state index in [9.17, 15) is 4.79 Å². The average Bonchev–Trinajstić information content (AvgIpc) is 3.44. The summed E-state index contributed by atoms with van der Waals surface area (Å²) in [5, 5.41) is 9.15. The first kappa shape index (κ1) is 25.6. The van der Waals surface area contributed by atoms with Crippen LogP contribution in [0.2, 0.25) is 0 Å². The molecule has 0 saturated carbocycles. The molecule has 5 heteroatoms. The number of hydrogen-bond acceptors (Lipinski definition) is 4. The second-order valence-electron chi connectivity index (χ2n) is 10.4. The third-order valence-corrected chi connectivity index (χ3v) is 9.27. The first-order chi connectivity index (χ1) is 18.0. The highest BCUT2D eigenvalue weighted by molar-refractivity contribution is 7.12. The number of likely N-dealkylation sites (tertiary alicyclic amines) is 1. The number of carboxylic acid groups (broad SMARTS) is 1. The van der Waals surface area contributed by atoms with Crippen LogP contribution in [0.4, 0.5) is 0 Å². The summed E-state index contributed by atoms with van der Waals surface area (Å²) < 4.78 is 6.07. The largest absolute Gasteiger partial charge is 0.488 e. The van der Waals surface area contributed by atoms with Crippen molar-refractivity contribution in [1.82, 2.24) is 4.90 Å². The summed E-state index contributed by atoms with van der Waals surface area (Å²) in [5.74, 6) is 5.48. The van der Waals surface area contributed by atoms with Gasteiger partial charge in [-0.3, -0.25) is 9.69 Å². The van der Waals surface area contributed by atoms with Crippen LogP contribution < -0.4 is 4.74 Å². The number of carboxylic acids is 1. The quantitative estimate of drug-likeness (QED) is 0.341. The fourth-order valence-corrected chi connectivity index (χ4v) is 7.13. The van der Waals surface area contributed by atoms with Crippen LogP contribution in [0.25, 0.3) is 0 Å². The lowest BCUT2D eigenvalue weighted by atomic mass is 9.74. The van der Waals surface area contributed by atoms with Crippen LogP contribution in [0, 0.1) is 18.8 Å². The molecule has 1 spiro atoms. The average molecular weight is 514 g/mol. The molecule has 0 unspecified atom stereocenters. The number of fused-ring (bicyclic) bond motifs is 2. The van der Waals surface area contributed by atoms with Crippen molar-refractivity contribution >= 4 is 17.3 Å². The smallest absolute Gasteiger partial charge is 0.304 e. The van der Waals surface area contributed by atoms with Gasteiger partial charge in [0.2, 0.25) is 0 Å². The lowest BCUT2D eigenvalue weighted by Gasteiger charge is -2.40. The number of hydrogen-bond donors (Lipinski definition) is 1. The maximum Gasteiger partial charge on any atom is 0.304 e. The first-order valence-corrected chi connectivity index (χ1v) is 14.0. The van der Waals surface area contributed by atoms with Gasteiger partial charge in [-0.25, -0.2) is 0 Å². The Hall–Kier alpha value is -3.07. The molecule has 0 bridgehead atoms. The predicted octanol–water partition coefficient (Wildman–Crippen LogP) is 6.70. The highest BCUT2D eigenvalue weighted by Crippen LogP contribution is 2.46. The monoisotopic (exact) mass is 513 g/mol. The van der Waals surface area contributed by atoms with Gasteiger partial charge < -0.3 is 9.84 Å². The van der Waals surface area contributed by atoms with Crippen molar-refractivity contribution < 1.29 is 14.6 Å². The Bertz CT molecular complexity index is 1310. The second kappa shape index (κ2) is 11.1. The Kier molecular flexibility index (Phi) is 7.69. The van der Waals surface area contributed by atoms with Crippen molar-refractivity contribution in [2.45, 2.75) is 70.4 Å². The maximum absolute atomic E-state index is 11.1. The maximum atomic E-state index is 11.1. The number of aryl methyl sites for hydroxylation is 2. The molecule has 1 aromatic heterocycles. The van der Waals surface area contributed by atoms with E-state index in [0.29, 0.717) is 12.0 Å².